The minimum atomic E-state index is -3.43. The van der Waals surface area contributed by atoms with Crippen molar-refractivity contribution in [3.8, 4) is 5.75 Å². The van der Waals surface area contributed by atoms with Gasteiger partial charge in [0.25, 0.3) is 5.91 Å². The van der Waals surface area contributed by atoms with E-state index in [9.17, 15) is 13.2 Å². The highest BCUT2D eigenvalue weighted by Gasteiger charge is 2.30. The van der Waals surface area contributed by atoms with Crippen molar-refractivity contribution in [2.45, 2.75) is 38.0 Å². The molecule has 0 spiro atoms. The lowest BCUT2D eigenvalue weighted by molar-refractivity contribution is -0.127. The van der Waals surface area contributed by atoms with Gasteiger partial charge in [-0.15, -0.1) is 0 Å². The maximum atomic E-state index is 12.4. The Kier molecular flexibility index (Phi) is 6.26. The molecule has 1 aliphatic rings. The number of hydrogen-bond donors (Lipinski definition) is 1. The van der Waals surface area contributed by atoms with E-state index in [1.54, 1.807) is 36.0 Å². The topological polar surface area (TPSA) is 75.7 Å². The van der Waals surface area contributed by atoms with Crippen LogP contribution in [0.5, 0.6) is 5.75 Å². The molecule has 0 aromatic heterocycles. The van der Waals surface area contributed by atoms with E-state index in [0.717, 1.165) is 12.0 Å². The fraction of sp³-hybridized carbons (Fsp3) is 0.588. The smallest absolute Gasteiger partial charge is 0.261 e. The summed E-state index contributed by atoms with van der Waals surface area (Å²) in [5, 5.41) is 2.88. The van der Waals surface area contributed by atoms with Gasteiger partial charge in [-0.1, -0.05) is 32.9 Å². The molecule has 0 fully saturated rings. The molecule has 0 saturated carbocycles. The molecule has 1 aromatic rings. The Labute approximate surface area is 154 Å². The molecule has 8 heteroatoms. The number of carbonyl (C=O) groups excluding carboxylic acids is 1. The van der Waals surface area contributed by atoms with Crippen LogP contribution in [0, 0.1) is 0 Å². The number of amides is 1. The van der Waals surface area contributed by atoms with E-state index in [1.165, 1.54) is 4.31 Å². The van der Waals surface area contributed by atoms with E-state index < -0.39 is 16.1 Å². The Balaban J connectivity index is 2.04. The first-order valence-corrected chi connectivity index (χ1v) is 11.1. The number of nitrogens with zero attached hydrogens (tertiary/aromatic N) is 1. The number of para-hydroxylation sites is 2. The molecule has 140 valence electrons. The lowest BCUT2D eigenvalue weighted by Gasteiger charge is -2.20. The van der Waals surface area contributed by atoms with E-state index in [-0.39, 0.29) is 17.2 Å². The summed E-state index contributed by atoms with van der Waals surface area (Å²) in [6.07, 6.45) is 0.765. The summed E-state index contributed by atoms with van der Waals surface area (Å²) in [5.74, 6) is 1.02. The molecule has 1 aliphatic heterocycles. The van der Waals surface area contributed by atoms with Crippen molar-refractivity contribution >= 4 is 33.4 Å². The molecular formula is C17H26N2O4S2. The molecule has 1 heterocycles. The van der Waals surface area contributed by atoms with Gasteiger partial charge in [0.05, 0.1) is 11.9 Å². The second kappa shape index (κ2) is 7.86. The van der Waals surface area contributed by atoms with Crippen molar-refractivity contribution in [1.82, 2.24) is 5.32 Å². The zero-order valence-corrected chi connectivity index (χ0v) is 16.7. The summed E-state index contributed by atoms with van der Waals surface area (Å²) in [5.41, 5.74) is 0.476. The zero-order chi connectivity index (χ0) is 18.7. The lowest BCUT2D eigenvalue weighted by Crippen LogP contribution is -2.40. The van der Waals surface area contributed by atoms with Gasteiger partial charge in [-0.3, -0.25) is 9.10 Å². The van der Waals surface area contributed by atoms with E-state index in [2.05, 4.69) is 26.1 Å². The molecular weight excluding hydrogens is 360 g/mol. The molecule has 1 amide bonds. The van der Waals surface area contributed by atoms with Crippen LogP contribution in [0.1, 0.15) is 27.2 Å². The van der Waals surface area contributed by atoms with Crippen LogP contribution in [0.3, 0.4) is 0 Å². The first-order valence-electron chi connectivity index (χ1n) is 8.23. The SMILES string of the molecule is CC(C)(C)SCCNC(=O)[C@@H]1CCN(S(C)(=O)=O)c2ccccc2O1. The zero-order valence-electron chi connectivity index (χ0n) is 15.1. The molecule has 25 heavy (non-hydrogen) atoms. The summed E-state index contributed by atoms with van der Waals surface area (Å²) in [6.45, 7) is 7.16. The number of hydrogen-bond acceptors (Lipinski definition) is 5. The van der Waals surface area contributed by atoms with Crippen LogP contribution in [0.4, 0.5) is 5.69 Å². The van der Waals surface area contributed by atoms with Crippen LogP contribution in [0.25, 0.3) is 0 Å². The minimum absolute atomic E-state index is 0.151. The first kappa shape index (κ1) is 19.9. The second-order valence-electron chi connectivity index (χ2n) is 6.95. The molecule has 0 radical (unpaired) electrons. The van der Waals surface area contributed by atoms with Crippen LogP contribution >= 0.6 is 11.8 Å². The minimum Gasteiger partial charge on any atom is -0.478 e. The Morgan fingerprint density at radius 2 is 2.04 bits per heavy atom. The molecule has 1 N–H and O–H groups in total. The highest BCUT2D eigenvalue weighted by atomic mass is 32.2. The molecule has 0 saturated heterocycles. The average Bonchev–Trinajstić information content (AvgIpc) is 2.69. The largest absolute Gasteiger partial charge is 0.478 e. The van der Waals surface area contributed by atoms with Gasteiger partial charge in [-0.25, -0.2) is 8.42 Å². The quantitative estimate of drug-likeness (QED) is 0.786. The normalized spacial score (nSPS) is 18.1. The Hall–Kier alpha value is -1.41. The van der Waals surface area contributed by atoms with Gasteiger partial charge < -0.3 is 10.1 Å². The third kappa shape index (κ3) is 5.81. The third-order valence-electron chi connectivity index (χ3n) is 3.63. The Morgan fingerprint density at radius 3 is 2.68 bits per heavy atom. The van der Waals surface area contributed by atoms with Gasteiger partial charge in [-0.2, -0.15) is 11.8 Å². The number of ether oxygens (including phenoxy) is 1. The van der Waals surface area contributed by atoms with Gasteiger partial charge in [-0.05, 0) is 12.1 Å². The number of fused-ring (bicyclic) bond motifs is 1. The number of sulfonamides is 1. The van der Waals surface area contributed by atoms with Gasteiger partial charge in [0.1, 0.15) is 5.75 Å². The van der Waals surface area contributed by atoms with Crippen molar-refractivity contribution in [3.63, 3.8) is 0 Å². The van der Waals surface area contributed by atoms with Gasteiger partial charge in [0.2, 0.25) is 10.0 Å². The highest BCUT2D eigenvalue weighted by molar-refractivity contribution is 8.00. The molecule has 1 aromatic carbocycles. The first-order chi connectivity index (χ1) is 11.6. The van der Waals surface area contributed by atoms with Crippen LogP contribution in [0.15, 0.2) is 24.3 Å². The third-order valence-corrected chi connectivity index (χ3v) is 6.08. The molecule has 1 atom stereocenters. The van der Waals surface area contributed by atoms with Crippen LogP contribution < -0.4 is 14.4 Å². The van der Waals surface area contributed by atoms with Crippen molar-refractivity contribution in [2.75, 3.05) is 29.4 Å². The van der Waals surface area contributed by atoms with Gasteiger partial charge in [0.15, 0.2) is 6.10 Å². The fourth-order valence-electron chi connectivity index (χ4n) is 2.50. The average molecular weight is 387 g/mol. The summed E-state index contributed by atoms with van der Waals surface area (Å²) >= 11 is 1.78. The summed E-state index contributed by atoms with van der Waals surface area (Å²) in [6, 6.07) is 6.90. The van der Waals surface area contributed by atoms with Crippen molar-refractivity contribution in [2.24, 2.45) is 0 Å². The van der Waals surface area contributed by atoms with Gasteiger partial charge in [0, 0.05) is 30.0 Å². The van der Waals surface area contributed by atoms with E-state index in [4.69, 9.17) is 4.74 Å². The molecule has 2 rings (SSSR count). The van der Waals surface area contributed by atoms with Crippen molar-refractivity contribution in [1.29, 1.82) is 0 Å². The highest BCUT2D eigenvalue weighted by Crippen LogP contribution is 2.33. The lowest BCUT2D eigenvalue weighted by atomic mass is 10.2. The summed E-state index contributed by atoms with van der Waals surface area (Å²) in [7, 11) is -3.43. The molecule has 6 nitrogen and oxygen atoms in total. The fourth-order valence-corrected chi connectivity index (χ4v) is 4.27. The Bertz CT molecular complexity index is 714. The number of anilines is 1. The second-order valence-corrected chi connectivity index (χ2v) is 10.8. The summed E-state index contributed by atoms with van der Waals surface area (Å²) < 4.78 is 31.4. The predicted molar refractivity (Wildman–Crippen MR) is 103 cm³/mol. The van der Waals surface area contributed by atoms with Crippen molar-refractivity contribution in [3.05, 3.63) is 24.3 Å². The maximum Gasteiger partial charge on any atom is 0.261 e. The van der Waals surface area contributed by atoms with Crippen molar-refractivity contribution < 1.29 is 17.9 Å². The molecule has 0 aliphatic carbocycles. The predicted octanol–water partition coefficient (Wildman–Crippen LogP) is 2.25. The van der Waals surface area contributed by atoms with Crippen LogP contribution in [-0.4, -0.2) is 50.3 Å². The number of carbonyl (C=O) groups is 1. The van der Waals surface area contributed by atoms with E-state index in [0.29, 0.717) is 24.4 Å². The number of rotatable bonds is 5. The molecule has 0 bridgehead atoms. The van der Waals surface area contributed by atoms with E-state index >= 15 is 0 Å². The summed E-state index contributed by atoms with van der Waals surface area (Å²) in [4.78, 5) is 12.4. The monoisotopic (exact) mass is 386 g/mol. The molecule has 0 unspecified atom stereocenters. The van der Waals surface area contributed by atoms with Crippen LogP contribution in [-0.2, 0) is 14.8 Å². The number of benzene rings is 1. The maximum absolute atomic E-state index is 12.4. The van der Waals surface area contributed by atoms with Crippen LogP contribution in [0.2, 0.25) is 0 Å². The standard InChI is InChI=1S/C17H26N2O4S2/c1-17(2,3)24-12-10-18-16(20)15-9-11-19(25(4,21)22)13-7-5-6-8-14(13)23-15/h5-8,15H,9-12H2,1-4H3,(H,18,20)/t15-/m0/s1. The number of thioether (sulfide) groups is 1. The van der Waals surface area contributed by atoms with Gasteiger partial charge >= 0.3 is 0 Å². The van der Waals surface area contributed by atoms with E-state index in [1.807, 2.05) is 0 Å². The Morgan fingerprint density at radius 1 is 1.36 bits per heavy atom. The number of nitrogens with one attached hydrogen (secondary N) is 1.